The van der Waals surface area contributed by atoms with Gasteiger partial charge in [0, 0.05) is 65.8 Å². The average Bonchev–Trinajstić information content (AvgIpc) is 3.28. The first-order valence-electron chi connectivity index (χ1n) is 10.3. The molecule has 0 amide bonds. The fraction of sp³-hybridized carbons (Fsp3) is 0.591. The van der Waals surface area contributed by atoms with Crippen LogP contribution in [0.3, 0.4) is 0 Å². The molecule has 0 radical (unpaired) electrons. The lowest BCUT2D eigenvalue weighted by Crippen LogP contribution is -2.46. The highest BCUT2D eigenvalue weighted by molar-refractivity contribution is 5.80. The van der Waals surface area contributed by atoms with Crippen LogP contribution in [0.2, 0.25) is 0 Å². The lowest BCUT2D eigenvalue weighted by Gasteiger charge is -2.34. The van der Waals surface area contributed by atoms with E-state index >= 15 is 0 Å². The van der Waals surface area contributed by atoms with Gasteiger partial charge in [0.2, 0.25) is 0 Å². The van der Waals surface area contributed by atoms with E-state index in [1.54, 1.807) is 7.11 Å². The van der Waals surface area contributed by atoms with Crippen LogP contribution < -0.4 is 10.2 Å². The molecule has 1 aromatic carbocycles. The summed E-state index contributed by atoms with van der Waals surface area (Å²) >= 11 is 0. The average molecular weight is 387 g/mol. The lowest BCUT2D eigenvalue weighted by molar-refractivity contribution is 0.00989. The molecule has 0 bridgehead atoms. The first-order chi connectivity index (χ1) is 13.8. The van der Waals surface area contributed by atoms with Gasteiger partial charge in [0.1, 0.15) is 0 Å². The molecule has 0 aromatic heterocycles. The summed E-state index contributed by atoms with van der Waals surface area (Å²) in [6.07, 6.45) is 7.86. The molecular weight excluding hydrogens is 352 g/mol. The normalized spacial score (nSPS) is 18.1. The fourth-order valence-electron chi connectivity index (χ4n) is 3.75. The molecule has 1 aromatic rings. The first-order valence-corrected chi connectivity index (χ1v) is 10.3. The number of ether oxygens (including phenoxy) is 2. The number of nitrogens with zero attached hydrogens (tertiary/aromatic N) is 3. The molecule has 28 heavy (non-hydrogen) atoms. The number of rotatable bonds is 8. The summed E-state index contributed by atoms with van der Waals surface area (Å²) < 4.78 is 11.0. The summed E-state index contributed by atoms with van der Waals surface area (Å²) in [5.41, 5.74) is 2.56. The largest absolute Gasteiger partial charge is 0.385 e. The van der Waals surface area contributed by atoms with E-state index in [2.05, 4.69) is 56.5 Å². The fourth-order valence-corrected chi connectivity index (χ4v) is 3.75. The van der Waals surface area contributed by atoms with Gasteiger partial charge >= 0.3 is 0 Å². The van der Waals surface area contributed by atoms with E-state index in [1.165, 1.54) is 11.3 Å². The summed E-state index contributed by atoms with van der Waals surface area (Å²) in [4.78, 5) is 9.20. The van der Waals surface area contributed by atoms with Crippen molar-refractivity contribution in [3.8, 4) is 0 Å². The van der Waals surface area contributed by atoms with Gasteiger partial charge in [0.15, 0.2) is 5.96 Å². The molecule has 154 valence electrons. The molecule has 1 fully saturated rings. The van der Waals surface area contributed by atoms with Gasteiger partial charge < -0.3 is 24.6 Å². The molecule has 1 N–H and O–H groups in total. The molecule has 2 aliphatic heterocycles. The van der Waals surface area contributed by atoms with Crippen LogP contribution >= 0.6 is 0 Å². The van der Waals surface area contributed by atoms with Gasteiger partial charge in [-0.25, -0.2) is 0 Å². The Bertz CT molecular complexity index is 646. The number of aliphatic imine (C=N–C) groups is 1. The molecular formula is C22H34N4O2. The lowest BCUT2D eigenvalue weighted by atomic mass is 10.1. The van der Waals surface area contributed by atoms with Crippen molar-refractivity contribution in [2.75, 3.05) is 58.5 Å². The van der Waals surface area contributed by atoms with E-state index in [9.17, 15) is 0 Å². The summed E-state index contributed by atoms with van der Waals surface area (Å²) in [6.45, 7) is 6.30. The molecule has 3 rings (SSSR count). The topological polar surface area (TPSA) is 49.3 Å². The van der Waals surface area contributed by atoms with Crippen molar-refractivity contribution in [3.63, 3.8) is 0 Å². The van der Waals surface area contributed by atoms with Crippen LogP contribution in [0, 0.1) is 0 Å². The first kappa shape index (κ1) is 20.7. The molecule has 0 saturated carbocycles. The summed E-state index contributed by atoms with van der Waals surface area (Å²) in [5.74, 6) is 0.978. The minimum Gasteiger partial charge on any atom is -0.385 e. The minimum absolute atomic E-state index is 0.358. The van der Waals surface area contributed by atoms with Crippen molar-refractivity contribution in [2.24, 2.45) is 4.99 Å². The number of likely N-dealkylation sites (tertiary alicyclic amines) is 1. The van der Waals surface area contributed by atoms with E-state index in [-0.39, 0.29) is 0 Å². The zero-order valence-electron chi connectivity index (χ0n) is 17.3. The predicted molar refractivity (Wildman–Crippen MR) is 115 cm³/mol. The number of anilines is 1. The maximum Gasteiger partial charge on any atom is 0.193 e. The van der Waals surface area contributed by atoms with Gasteiger partial charge in [-0.05, 0) is 37.0 Å². The van der Waals surface area contributed by atoms with Crippen LogP contribution in [0.1, 0.15) is 24.8 Å². The van der Waals surface area contributed by atoms with E-state index in [0.717, 1.165) is 71.2 Å². The molecule has 1 saturated heterocycles. The smallest absolute Gasteiger partial charge is 0.193 e. The van der Waals surface area contributed by atoms with E-state index in [1.807, 2.05) is 7.05 Å². The maximum atomic E-state index is 5.96. The molecule has 0 unspecified atom stereocenters. The number of benzene rings is 1. The second-order valence-electron chi connectivity index (χ2n) is 7.35. The van der Waals surface area contributed by atoms with Crippen molar-refractivity contribution < 1.29 is 9.47 Å². The van der Waals surface area contributed by atoms with Crippen LogP contribution in [-0.4, -0.2) is 70.5 Å². The van der Waals surface area contributed by atoms with Gasteiger partial charge in [0.25, 0.3) is 0 Å². The van der Waals surface area contributed by atoms with E-state index in [0.29, 0.717) is 6.10 Å². The number of piperidine rings is 1. The van der Waals surface area contributed by atoms with Crippen molar-refractivity contribution in [1.82, 2.24) is 10.2 Å². The number of hydrogen-bond donors (Lipinski definition) is 1. The molecule has 2 heterocycles. The van der Waals surface area contributed by atoms with Crippen molar-refractivity contribution in [2.45, 2.75) is 31.9 Å². The Balaban J connectivity index is 1.43. The van der Waals surface area contributed by atoms with Crippen molar-refractivity contribution >= 4 is 11.6 Å². The van der Waals surface area contributed by atoms with Crippen molar-refractivity contribution in [3.05, 3.63) is 42.0 Å². The number of guanidine groups is 1. The van der Waals surface area contributed by atoms with Crippen LogP contribution in [0.4, 0.5) is 5.69 Å². The van der Waals surface area contributed by atoms with Gasteiger partial charge in [-0.1, -0.05) is 24.3 Å². The summed E-state index contributed by atoms with van der Waals surface area (Å²) in [5, 5.41) is 3.53. The summed E-state index contributed by atoms with van der Waals surface area (Å²) in [6, 6.07) is 8.77. The van der Waals surface area contributed by atoms with Gasteiger partial charge in [-0.3, -0.25) is 4.99 Å². The minimum atomic E-state index is 0.358. The van der Waals surface area contributed by atoms with E-state index in [4.69, 9.17) is 9.47 Å². The molecule has 0 aliphatic carbocycles. The van der Waals surface area contributed by atoms with Gasteiger partial charge in [-0.2, -0.15) is 0 Å². The van der Waals surface area contributed by atoms with E-state index < -0.39 is 0 Å². The molecule has 2 aliphatic rings. The standard InChI is InChI=1S/C22H34N4O2/c1-23-22(26-13-9-21(10-14-26)28-16-6-15-27-2)24-18-19-7-5-8-20(17-19)25-11-3-4-12-25/h3-5,7-8,17,21H,6,9-16,18H2,1-2H3,(H,23,24). The maximum absolute atomic E-state index is 5.96. The highest BCUT2D eigenvalue weighted by atomic mass is 16.5. The second-order valence-corrected chi connectivity index (χ2v) is 7.35. The van der Waals surface area contributed by atoms with Gasteiger partial charge in [0.05, 0.1) is 6.10 Å². The molecule has 6 nitrogen and oxygen atoms in total. The Morgan fingerprint density at radius 1 is 1.18 bits per heavy atom. The van der Waals surface area contributed by atoms with Crippen LogP contribution in [-0.2, 0) is 16.0 Å². The van der Waals surface area contributed by atoms with Crippen LogP contribution in [0.5, 0.6) is 0 Å². The Morgan fingerprint density at radius 3 is 2.68 bits per heavy atom. The zero-order chi connectivity index (χ0) is 19.6. The highest BCUT2D eigenvalue weighted by Crippen LogP contribution is 2.19. The quantitative estimate of drug-likeness (QED) is 0.322. The Kier molecular flexibility index (Phi) is 8.18. The van der Waals surface area contributed by atoms with Crippen LogP contribution in [0.25, 0.3) is 0 Å². The van der Waals surface area contributed by atoms with Crippen molar-refractivity contribution in [1.29, 1.82) is 0 Å². The van der Waals surface area contributed by atoms with Crippen LogP contribution in [0.15, 0.2) is 41.4 Å². The SMILES string of the molecule is CN=C(NCc1cccc(N2CC=CC2)c1)N1CCC(OCCCOC)CC1. The second kappa shape index (κ2) is 11.1. The van der Waals surface area contributed by atoms with Gasteiger partial charge in [-0.15, -0.1) is 0 Å². The molecule has 0 atom stereocenters. The summed E-state index contributed by atoms with van der Waals surface area (Å²) in [7, 11) is 3.60. The third-order valence-electron chi connectivity index (χ3n) is 5.34. The Morgan fingerprint density at radius 2 is 1.96 bits per heavy atom. The third kappa shape index (κ3) is 5.97. The monoisotopic (exact) mass is 386 g/mol. The zero-order valence-corrected chi connectivity index (χ0v) is 17.3. The number of methoxy groups -OCH3 is 1. The predicted octanol–water partition coefficient (Wildman–Crippen LogP) is 2.66. The molecule has 6 heteroatoms. The third-order valence-corrected chi connectivity index (χ3v) is 5.34. The number of nitrogens with one attached hydrogen (secondary N) is 1. The highest BCUT2D eigenvalue weighted by Gasteiger charge is 2.21. The molecule has 0 spiro atoms. The Hall–Kier alpha value is -2.05. The Labute approximate surface area is 169 Å². The number of hydrogen-bond acceptors (Lipinski definition) is 4.